The van der Waals surface area contributed by atoms with E-state index in [0.29, 0.717) is 17.3 Å². The second-order valence-corrected chi connectivity index (χ2v) is 6.13. The summed E-state index contributed by atoms with van der Waals surface area (Å²) in [5, 5.41) is 1.76. The highest BCUT2D eigenvalue weighted by atomic mass is 32.2. The van der Waals surface area contributed by atoms with E-state index in [2.05, 4.69) is 0 Å². The van der Waals surface area contributed by atoms with E-state index in [1.54, 1.807) is 17.5 Å². The highest BCUT2D eigenvalue weighted by Crippen LogP contribution is 2.24. The Balaban J connectivity index is 2.23. The van der Waals surface area contributed by atoms with E-state index < -0.39 is 10.0 Å². The van der Waals surface area contributed by atoms with E-state index in [1.807, 2.05) is 0 Å². The largest absolute Gasteiger partial charge is 0.325 e. The van der Waals surface area contributed by atoms with Gasteiger partial charge in [0, 0.05) is 19.1 Å². The topological polar surface area (TPSA) is 63.4 Å². The van der Waals surface area contributed by atoms with Crippen LogP contribution in [0.5, 0.6) is 0 Å². The van der Waals surface area contributed by atoms with Crippen molar-refractivity contribution in [2.45, 2.75) is 10.3 Å². The van der Waals surface area contributed by atoms with Crippen LogP contribution in [0.15, 0.2) is 21.7 Å². The number of nitrogens with two attached hydrogens (primary N) is 1. The quantitative estimate of drug-likeness (QED) is 0.764. The van der Waals surface area contributed by atoms with Crippen molar-refractivity contribution in [2.75, 3.05) is 13.1 Å². The van der Waals surface area contributed by atoms with Gasteiger partial charge in [-0.3, -0.25) is 0 Å². The summed E-state index contributed by atoms with van der Waals surface area (Å²) in [6, 6.07) is 3.36. The summed E-state index contributed by atoms with van der Waals surface area (Å²) >= 11 is 1.24. The monoisotopic (exact) mass is 218 g/mol. The minimum Gasteiger partial charge on any atom is -0.325 e. The number of hydrogen-bond donors (Lipinski definition) is 1. The molecule has 13 heavy (non-hydrogen) atoms. The Morgan fingerprint density at radius 2 is 2.23 bits per heavy atom. The molecule has 2 heterocycles. The molecule has 4 nitrogen and oxygen atoms in total. The van der Waals surface area contributed by atoms with Gasteiger partial charge in [0.15, 0.2) is 0 Å². The maximum atomic E-state index is 11.7. The molecule has 1 aliphatic heterocycles. The van der Waals surface area contributed by atoms with Crippen molar-refractivity contribution < 1.29 is 8.42 Å². The first-order valence-electron chi connectivity index (χ1n) is 3.90. The van der Waals surface area contributed by atoms with Crippen LogP contribution in [-0.2, 0) is 10.0 Å². The van der Waals surface area contributed by atoms with Crippen LogP contribution in [0.4, 0.5) is 0 Å². The summed E-state index contributed by atoms with van der Waals surface area (Å²) in [6.07, 6.45) is 0. The molecule has 1 aliphatic rings. The first kappa shape index (κ1) is 9.14. The Labute approximate surface area is 81.0 Å². The fourth-order valence-electron chi connectivity index (χ4n) is 1.20. The predicted molar refractivity (Wildman–Crippen MR) is 51.1 cm³/mol. The molecule has 0 aliphatic carbocycles. The molecule has 0 atom stereocenters. The second kappa shape index (κ2) is 3.06. The van der Waals surface area contributed by atoms with Crippen LogP contribution in [0.3, 0.4) is 0 Å². The zero-order valence-corrected chi connectivity index (χ0v) is 8.51. The van der Waals surface area contributed by atoms with Gasteiger partial charge in [0.2, 0.25) is 0 Å². The lowest BCUT2D eigenvalue weighted by atomic mass is 10.2. The second-order valence-electron chi connectivity index (χ2n) is 3.01. The van der Waals surface area contributed by atoms with Crippen LogP contribution >= 0.6 is 11.3 Å². The molecule has 6 heteroatoms. The van der Waals surface area contributed by atoms with Crippen molar-refractivity contribution in [2.24, 2.45) is 5.73 Å². The smallest absolute Gasteiger partial charge is 0.252 e. The van der Waals surface area contributed by atoms with E-state index in [4.69, 9.17) is 5.73 Å². The average Bonchev–Trinajstić information content (AvgIpc) is 2.50. The predicted octanol–water partition coefficient (Wildman–Crippen LogP) is 0.0797. The van der Waals surface area contributed by atoms with Gasteiger partial charge in [0.1, 0.15) is 4.21 Å². The zero-order valence-electron chi connectivity index (χ0n) is 6.88. The molecule has 2 rings (SSSR count). The molecule has 0 bridgehead atoms. The normalized spacial score (nSPS) is 20.1. The van der Waals surface area contributed by atoms with E-state index in [9.17, 15) is 8.42 Å². The third kappa shape index (κ3) is 1.50. The summed E-state index contributed by atoms with van der Waals surface area (Å²) in [6.45, 7) is 0.889. The van der Waals surface area contributed by atoms with E-state index in [1.165, 1.54) is 15.6 Å². The Bertz CT molecular complexity index is 379. The van der Waals surface area contributed by atoms with Gasteiger partial charge in [-0.2, -0.15) is 4.31 Å². The van der Waals surface area contributed by atoms with Crippen LogP contribution in [0, 0.1) is 0 Å². The summed E-state index contributed by atoms with van der Waals surface area (Å²) in [5.74, 6) is 0. The molecule has 0 unspecified atom stereocenters. The van der Waals surface area contributed by atoms with Gasteiger partial charge in [-0.1, -0.05) is 6.07 Å². The Kier molecular flexibility index (Phi) is 2.15. The molecule has 0 radical (unpaired) electrons. The van der Waals surface area contributed by atoms with Crippen molar-refractivity contribution in [3.63, 3.8) is 0 Å². The van der Waals surface area contributed by atoms with Crippen LogP contribution in [0.2, 0.25) is 0 Å². The van der Waals surface area contributed by atoms with Crippen LogP contribution in [0.25, 0.3) is 0 Å². The van der Waals surface area contributed by atoms with E-state index >= 15 is 0 Å². The average molecular weight is 218 g/mol. The molecule has 1 aromatic heterocycles. The number of rotatable bonds is 2. The van der Waals surface area contributed by atoms with Crippen molar-refractivity contribution in [1.82, 2.24) is 4.31 Å². The molecule has 0 aromatic carbocycles. The zero-order chi connectivity index (χ0) is 9.47. The van der Waals surface area contributed by atoms with Crippen molar-refractivity contribution >= 4 is 21.4 Å². The molecule has 0 spiro atoms. The highest BCUT2D eigenvalue weighted by Gasteiger charge is 2.34. The molecule has 2 N–H and O–H groups in total. The van der Waals surface area contributed by atoms with Crippen molar-refractivity contribution in [1.29, 1.82) is 0 Å². The number of nitrogens with zero attached hydrogens (tertiary/aromatic N) is 1. The van der Waals surface area contributed by atoms with Crippen LogP contribution in [0.1, 0.15) is 0 Å². The lowest BCUT2D eigenvalue weighted by Gasteiger charge is -2.34. The number of hydrogen-bond acceptors (Lipinski definition) is 4. The maximum absolute atomic E-state index is 11.7. The van der Waals surface area contributed by atoms with Crippen LogP contribution < -0.4 is 5.73 Å². The standard InChI is InChI=1S/C7H10N2O2S2/c8-6-4-9(5-6)13(10,11)7-2-1-3-12-7/h1-3,6H,4-5,8H2. The molecular weight excluding hydrogens is 208 g/mol. The fourth-order valence-corrected chi connectivity index (χ4v) is 3.90. The molecule has 1 fully saturated rings. The summed E-state index contributed by atoms with van der Waals surface area (Å²) < 4.78 is 25.2. The molecule has 0 saturated carbocycles. The Hall–Kier alpha value is -0.430. The number of sulfonamides is 1. The number of thiophene rings is 1. The Morgan fingerprint density at radius 1 is 1.54 bits per heavy atom. The first-order valence-corrected chi connectivity index (χ1v) is 6.22. The third-order valence-electron chi connectivity index (χ3n) is 1.97. The van der Waals surface area contributed by atoms with Gasteiger partial charge >= 0.3 is 0 Å². The highest BCUT2D eigenvalue weighted by molar-refractivity contribution is 7.91. The lowest BCUT2D eigenvalue weighted by Crippen LogP contribution is -2.57. The Morgan fingerprint density at radius 3 is 2.69 bits per heavy atom. The molecular formula is C7H10N2O2S2. The van der Waals surface area contributed by atoms with Crippen molar-refractivity contribution in [3.05, 3.63) is 17.5 Å². The molecule has 1 saturated heterocycles. The van der Waals surface area contributed by atoms with E-state index in [-0.39, 0.29) is 6.04 Å². The molecule has 72 valence electrons. The fraction of sp³-hybridized carbons (Fsp3) is 0.429. The van der Waals surface area contributed by atoms with Gasteiger partial charge in [-0.15, -0.1) is 11.3 Å². The summed E-state index contributed by atoms with van der Waals surface area (Å²) in [4.78, 5) is 0. The van der Waals surface area contributed by atoms with Crippen molar-refractivity contribution in [3.8, 4) is 0 Å². The van der Waals surface area contributed by atoms with Gasteiger partial charge in [0.25, 0.3) is 10.0 Å². The van der Waals surface area contributed by atoms with Crippen LogP contribution in [-0.4, -0.2) is 31.9 Å². The first-order chi connectivity index (χ1) is 6.10. The SMILES string of the molecule is NC1CN(S(=O)(=O)c2cccs2)C1. The molecule has 1 aromatic rings. The summed E-state index contributed by atoms with van der Waals surface area (Å²) in [5.41, 5.74) is 5.52. The maximum Gasteiger partial charge on any atom is 0.252 e. The van der Waals surface area contributed by atoms with E-state index in [0.717, 1.165) is 0 Å². The summed E-state index contributed by atoms with van der Waals surface area (Å²) in [7, 11) is -3.22. The van der Waals surface area contributed by atoms with Gasteiger partial charge in [-0.05, 0) is 11.4 Å². The minimum atomic E-state index is -3.22. The van der Waals surface area contributed by atoms with Gasteiger partial charge in [0.05, 0.1) is 0 Å². The third-order valence-corrected chi connectivity index (χ3v) is 5.17. The molecule has 0 amide bonds. The van der Waals surface area contributed by atoms with Gasteiger partial charge < -0.3 is 5.73 Å². The minimum absolute atomic E-state index is 0.00902. The van der Waals surface area contributed by atoms with Gasteiger partial charge in [-0.25, -0.2) is 8.42 Å². The lowest BCUT2D eigenvalue weighted by molar-refractivity contribution is 0.266.